The standard InChI is InChI=1S/C19H12ClN5O3/c20-13-6-8-16-15(10-13)18(12-4-2-1-3-5-12)23-19(22-16)24-21-11-14-7-9-17(28-14)25(26)27/h1-11H,(H,22,23,24)/b21-11-. The Bertz CT molecular complexity index is 1190. The lowest BCUT2D eigenvalue weighted by Gasteiger charge is -2.08. The van der Waals surface area contributed by atoms with Crippen molar-refractivity contribution in [2.75, 3.05) is 5.43 Å². The maximum absolute atomic E-state index is 10.7. The van der Waals surface area contributed by atoms with Crippen LogP contribution in [0.5, 0.6) is 0 Å². The van der Waals surface area contributed by atoms with Crippen LogP contribution in [-0.4, -0.2) is 21.1 Å². The highest BCUT2D eigenvalue weighted by Gasteiger charge is 2.11. The lowest BCUT2D eigenvalue weighted by atomic mass is 10.1. The quantitative estimate of drug-likeness (QED) is 0.293. The molecule has 28 heavy (non-hydrogen) atoms. The Hall–Kier alpha value is -3.78. The number of nitro groups is 1. The molecular weight excluding hydrogens is 382 g/mol. The molecule has 8 nitrogen and oxygen atoms in total. The molecule has 0 saturated heterocycles. The Morgan fingerprint density at radius 1 is 1.11 bits per heavy atom. The summed E-state index contributed by atoms with van der Waals surface area (Å²) in [6.45, 7) is 0. The minimum Gasteiger partial charge on any atom is -0.400 e. The van der Waals surface area contributed by atoms with Gasteiger partial charge in [-0.2, -0.15) is 5.10 Å². The topological polar surface area (TPSA) is 106 Å². The third-order valence-electron chi connectivity index (χ3n) is 3.85. The highest BCUT2D eigenvalue weighted by atomic mass is 35.5. The SMILES string of the molecule is O=[N+]([O-])c1ccc(/C=N\Nc2nc(-c3ccccc3)c3cc(Cl)ccc3n2)o1. The number of rotatable bonds is 5. The minimum absolute atomic E-state index is 0.232. The van der Waals surface area contributed by atoms with E-state index in [0.717, 1.165) is 10.9 Å². The van der Waals surface area contributed by atoms with Crippen LogP contribution in [0.1, 0.15) is 5.76 Å². The molecule has 0 unspecified atom stereocenters. The van der Waals surface area contributed by atoms with Crippen LogP contribution in [0, 0.1) is 10.1 Å². The van der Waals surface area contributed by atoms with Gasteiger partial charge < -0.3 is 4.42 Å². The molecule has 1 N–H and O–H groups in total. The smallest absolute Gasteiger partial charge is 0.400 e. The van der Waals surface area contributed by atoms with Gasteiger partial charge in [0.25, 0.3) is 0 Å². The zero-order valence-electron chi connectivity index (χ0n) is 14.2. The molecule has 0 saturated carbocycles. The molecule has 4 aromatic rings. The summed E-state index contributed by atoms with van der Waals surface area (Å²) in [6.07, 6.45) is 1.31. The first-order chi connectivity index (χ1) is 13.6. The molecule has 0 aliphatic rings. The van der Waals surface area contributed by atoms with E-state index in [9.17, 15) is 10.1 Å². The van der Waals surface area contributed by atoms with Crippen molar-refractivity contribution in [2.45, 2.75) is 0 Å². The Morgan fingerprint density at radius 2 is 1.93 bits per heavy atom. The molecule has 138 valence electrons. The van der Waals surface area contributed by atoms with Gasteiger partial charge in [0.05, 0.1) is 23.5 Å². The fourth-order valence-corrected chi connectivity index (χ4v) is 2.80. The Kier molecular flexibility index (Phi) is 4.69. The number of nitrogens with one attached hydrogen (secondary N) is 1. The number of furan rings is 1. The lowest BCUT2D eigenvalue weighted by Crippen LogP contribution is -1.99. The predicted octanol–water partition coefficient (Wildman–Crippen LogP) is 4.90. The molecule has 0 spiro atoms. The summed E-state index contributed by atoms with van der Waals surface area (Å²) in [5, 5.41) is 16.1. The molecule has 0 bridgehead atoms. The van der Waals surface area contributed by atoms with Gasteiger partial charge in [-0.1, -0.05) is 41.9 Å². The summed E-state index contributed by atoms with van der Waals surface area (Å²) in [5.41, 5.74) is 5.05. The van der Waals surface area contributed by atoms with E-state index < -0.39 is 4.92 Å². The van der Waals surface area contributed by atoms with Gasteiger partial charge in [-0.3, -0.25) is 10.1 Å². The van der Waals surface area contributed by atoms with E-state index >= 15 is 0 Å². The second kappa shape index (κ2) is 7.45. The van der Waals surface area contributed by atoms with Gasteiger partial charge in [0.15, 0.2) is 5.76 Å². The first kappa shape index (κ1) is 17.6. The van der Waals surface area contributed by atoms with Gasteiger partial charge in [0.1, 0.15) is 4.92 Å². The molecule has 0 radical (unpaired) electrons. The molecule has 2 heterocycles. The maximum Gasteiger partial charge on any atom is 0.433 e. The van der Waals surface area contributed by atoms with Gasteiger partial charge >= 0.3 is 5.88 Å². The second-order valence-corrected chi connectivity index (χ2v) is 6.16. The average molecular weight is 394 g/mol. The van der Waals surface area contributed by atoms with Crippen LogP contribution in [0.2, 0.25) is 5.02 Å². The maximum atomic E-state index is 10.7. The largest absolute Gasteiger partial charge is 0.433 e. The van der Waals surface area contributed by atoms with E-state index in [0.29, 0.717) is 16.2 Å². The number of halogens is 1. The van der Waals surface area contributed by atoms with Crippen LogP contribution in [-0.2, 0) is 0 Å². The zero-order chi connectivity index (χ0) is 19.5. The molecule has 0 atom stereocenters. The van der Waals surface area contributed by atoms with Crippen molar-refractivity contribution < 1.29 is 9.34 Å². The van der Waals surface area contributed by atoms with Crippen molar-refractivity contribution in [1.82, 2.24) is 9.97 Å². The Labute approximate surface area is 163 Å². The summed E-state index contributed by atoms with van der Waals surface area (Å²) in [7, 11) is 0. The third-order valence-corrected chi connectivity index (χ3v) is 4.09. The van der Waals surface area contributed by atoms with Crippen LogP contribution >= 0.6 is 11.6 Å². The molecule has 0 amide bonds. The van der Waals surface area contributed by atoms with E-state index in [1.165, 1.54) is 18.3 Å². The fourth-order valence-electron chi connectivity index (χ4n) is 2.63. The summed E-state index contributed by atoms with van der Waals surface area (Å²) in [4.78, 5) is 19.0. The van der Waals surface area contributed by atoms with Crippen LogP contribution in [0.3, 0.4) is 0 Å². The molecule has 2 aromatic carbocycles. The molecule has 0 fully saturated rings. The Morgan fingerprint density at radius 3 is 2.68 bits per heavy atom. The van der Waals surface area contributed by atoms with Crippen LogP contribution < -0.4 is 5.43 Å². The van der Waals surface area contributed by atoms with Crippen molar-refractivity contribution in [2.24, 2.45) is 5.10 Å². The van der Waals surface area contributed by atoms with Gasteiger partial charge in [-0.25, -0.2) is 15.4 Å². The van der Waals surface area contributed by atoms with Gasteiger partial charge in [0, 0.05) is 16.0 Å². The van der Waals surface area contributed by atoms with Crippen molar-refractivity contribution in [3.63, 3.8) is 0 Å². The van der Waals surface area contributed by atoms with Crippen LogP contribution in [0.15, 0.2) is 70.2 Å². The predicted molar refractivity (Wildman–Crippen MR) is 107 cm³/mol. The lowest BCUT2D eigenvalue weighted by molar-refractivity contribution is -0.402. The van der Waals surface area contributed by atoms with E-state index in [-0.39, 0.29) is 17.6 Å². The highest BCUT2D eigenvalue weighted by Crippen LogP contribution is 2.29. The minimum atomic E-state index is -0.617. The first-order valence-corrected chi connectivity index (χ1v) is 8.54. The van der Waals surface area contributed by atoms with Crippen LogP contribution in [0.25, 0.3) is 22.2 Å². The Balaban J connectivity index is 1.68. The first-order valence-electron chi connectivity index (χ1n) is 8.16. The molecule has 0 aliphatic heterocycles. The number of benzene rings is 2. The number of anilines is 1. The number of hydrogen-bond donors (Lipinski definition) is 1. The van der Waals surface area contributed by atoms with Crippen molar-refractivity contribution in [3.05, 3.63) is 81.6 Å². The summed E-state index contributed by atoms with van der Waals surface area (Å²) in [5.74, 6) is 0.146. The monoisotopic (exact) mass is 393 g/mol. The summed E-state index contributed by atoms with van der Waals surface area (Å²) in [6, 6.07) is 17.7. The average Bonchev–Trinajstić information content (AvgIpc) is 3.18. The van der Waals surface area contributed by atoms with E-state index in [2.05, 4.69) is 20.5 Å². The molecular formula is C19H12ClN5O3. The number of hydrogen-bond acceptors (Lipinski definition) is 7. The van der Waals surface area contributed by atoms with E-state index in [1.54, 1.807) is 12.1 Å². The van der Waals surface area contributed by atoms with Gasteiger partial charge in [-0.05, 0) is 24.3 Å². The molecule has 9 heteroatoms. The third kappa shape index (κ3) is 3.67. The highest BCUT2D eigenvalue weighted by molar-refractivity contribution is 6.31. The zero-order valence-corrected chi connectivity index (χ0v) is 15.0. The van der Waals surface area contributed by atoms with Gasteiger partial charge in [0.2, 0.25) is 5.95 Å². The number of hydrazone groups is 1. The van der Waals surface area contributed by atoms with Crippen molar-refractivity contribution in [3.8, 4) is 11.3 Å². The van der Waals surface area contributed by atoms with Crippen LogP contribution in [0.4, 0.5) is 11.8 Å². The molecule has 2 aromatic heterocycles. The van der Waals surface area contributed by atoms with E-state index in [1.807, 2.05) is 36.4 Å². The van der Waals surface area contributed by atoms with Crippen molar-refractivity contribution in [1.29, 1.82) is 0 Å². The number of aromatic nitrogens is 2. The number of fused-ring (bicyclic) bond motifs is 1. The normalized spacial score (nSPS) is 11.2. The molecule has 4 rings (SSSR count). The molecule has 0 aliphatic carbocycles. The number of nitrogens with zero attached hydrogens (tertiary/aromatic N) is 4. The summed E-state index contributed by atoms with van der Waals surface area (Å²) < 4.78 is 5.02. The van der Waals surface area contributed by atoms with E-state index in [4.69, 9.17) is 16.0 Å². The second-order valence-electron chi connectivity index (χ2n) is 5.73. The fraction of sp³-hybridized carbons (Fsp3) is 0. The van der Waals surface area contributed by atoms with Crippen molar-refractivity contribution >= 4 is 40.6 Å². The van der Waals surface area contributed by atoms with Gasteiger partial charge in [-0.15, -0.1) is 0 Å². The summed E-state index contributed by atoms with van der Waals surface area (Å²) >= 11 is 6.14.